The molecule has 0 bridgehead atoms. The van der Waals surface area contributed by atoms with Gasteiger partial charge in [-0.1, -0.05) is 54.6 Å². The van der Waals surface area contributed by atoms with Crippen LogP contribution in [0.4, 0.5) is 0 Å². The van der Waals surface area contributed by atoms with Gasteiger partial charge in [0.05, 0.1) is 5.57 Å². The molecule has 1 aliphatic heterocycles. The summed E-state index contributed by atoms with van der Waals surface area (Å²) in [6.45, 7) is 3.20. The summed E-state index contributed by atoms with van der Waals surface area (Å²) >= 11 is 0. The molecule has 3 rings (SSSR count). The van der Waals surface area contributed by atoms with Crippen LogP contribution in [-0.4, -0.2) is 35.2 Å². The summed E-state index contributed by atoms with van der Waals surface area (Å²) in [6, 6.07) is 17.8. The summed E-state index contributed by atoms with van der Waals surface area (Å²) < 4.78 is 0. The Morgan fingerprint density at radius 3 is 2.37 bits per heavy atom. The van der Waals surface area contributed by atoms with Crippen molar-refractivity contribution in [2.45, 2.75) is 26.2 Å². The van der Waals surface area contributed by atoms with Crippen LogP contribution >= 0.6 is 0 Å². The van der Waals surface area contributed by atoms with Crippen LogP contribution in [0.15, 0.2) is 60.2 Å². The number of hydrogen-bond donors (Lipinski definition) is 2. The minimum atomic E-state index is -0.260. The minimum Gasteiger partial charge on any atom is -0.506 e. The van der Waals surface area contributed by atoms with Crippen molar-refractivity contribution in [1.29, 1.82) is 5.41 Å². The van der Waals surface area contributed by atoms with Gasteiger partial charge in [0.15, 0.2) is 0 Å². The molecule has 140 valence electrons. The SMILES string of the molecule is Cc1ccccc1/C(O)=C(/C=N)C(=O)N1CCC(Cc2ccccc2)CC1. The second kappa shape index (κ2) is 8.67. The van der Waals surface area contributed by atoms with Crippen molar-refractivity contribution in [2.24, 2.45) is 5.92 Å². The number of carbonyl (C=O) groups excluding carboxylic acids is 1. The summed E-state index contributed by atoms with van der Waals surface area (Å²) in [6.07, 6.45) is 3.89. The zero-order valence-corrected chi connectivity index (χ0v) is 15.7. The highest BCUT2D eigenvalue weighted by Gasteiger charge is 2.26. The van der Waals surface area contributed by atoms with Crippen molar-refractivity contribution in [3.05, 3.63) is 76.9 Å². The number of aryl methyl sites for hydroxylation is 1. The summed E-state index contributed by atoms with van der Waals surface area (Å²) in [5.41, 5.74) is 2.87. The molecule has 0 saturated carbocycles. The molecule has 0 spiro atoms. The van der Waals surface area contributed by atoms with E-state index in [2.05, 4.69) is 24.3 Å². The van der Waals surface area contributed by atoms with Crippen molar-refractivity contribution in [3.63, 3.8) is 0 Å². The summed E-state index contributed by atoms with van der Waals surface area (Å²) in [7, 11) is 0. The fourth-order valence-corrected chi connectivity index (χ4v) is 3.67. The summed E-state index contributed by atoms with van der Waals surface area (Å²) in [5, 5.41) is 18.2. The number of carbonyl (C=O) groups is 1. The van der Waals surface area contributed by atoms with Gasteiger partial charge in [0.25, 0.3) is 5.91 Å². The molecule has 1 heterocycles. The third kappa shape index (κ3) is 4.45. The lowest BCUT2D eigenvalue weighted by Gasteiger charge is -2.32. The van der Waals surface area contributed by atoms with Gasteiger partial charge in [-0.05, 0) is 43.2 Å². The molecule has 0 unspecified atom stereocenters. The molecule has 1 fully saturated rings. The Balaban J connectivity index is 1.68. The van der Waals surface area contributed by atoms with Crippen LogP contribution in [0.25, 0.3) is 5.76 Å². The van der Waals surface area contributed by atoms with Crippen molar-refractivity contribution < 1.29 is 9.90 Å². The number of aliphatic hydroxyl groups excluding tert-OH is 1. The van der Waals surface area contributed by atoms with Crippen LogP contribution in [0.3, 0.4) is 0 Å². The van der Waals surface area contributed by atoms with Gasteiger partial charge in [-0.25, -0.2) is 0 Å². The van der Waals surface area contributed by atoms with Gasteiger partial charge in [-0.2, -0.15) is 0 Å². The molecular weight excluding hydrogens is 336 g/mol. The molecule has 1 saturated heterocycles. The van der Waals surface area contributed by atoms with Gasteiger partial charge >= 0.3 is 0 Å². The highest BCUT2D eigenvalue weighted by atomic mass is 16.3. The van der Waals surface area contributed by atoms with Crippen molar-refractivity contribution in [1.82, 2.24) is 4.90 Å². The van der Waals surface area contributed by atoms with E-state index < -0.39 is 0 Å². The minimum absolute atomic E-state index is 0.0609. The van der Waals surface area contributed by atoms with Gasteiger partial charge in [0, 0.05) is 24.9 Å². The first-order valence-corrected chi connectivity index (χ1v) is 9.43. The van der Waals surface area contributed by atoms with Crippen LogP contribution < -0.4 is 0 Å². The maximum absolute atomic E-state index is 12.9. The maximum Gasteiger partial charge on any atom is 0.259 e. The van der Waals surface area contributed by atoms with E-state index in [0.717, 1.165) is 31.0 Å². The molecule has 4 nitrogen and oxygen atoms in total. The van der Waals surface area contributed by atoms with Crippen LogP contribution in [-0.2, 0) is 11.2 Å². The molecule has 4 heteroatoms. The number of nitrogens with one attached hydrogen (secondary N) is 1. The lowest BCUT2D eigenvalue weighted by atomic mass is 9.90. The topological polar surface area (TPSA) is 64.4 Å². The van der Waals surface area contributed by atoms with E-state index in [1.807, 2.05) is 31.2 Å². The monoisotopic (exact) mass is 362 g/mol. The summed E-state index contributed by atoms with van der Waals surface area (Å²) in [4.78, 5) is 14.6. The van der Waals surface area contributed by atoms with E-state index in [9.17, 15) is 9.90 Å². The average molecular weight is 362 g/mol. The lowest BCUT2D eigenvalue weighted by Crippen LogP contribution is -2.40. The first-order valence-electron chi connectivity index (χ1n) is 9.43. The highest BCUT2D eigenvalue weighted by Crippen LogP contribution is 2.25. The maximum atomic E-state index is 12.9. The normalized spacial score (nSPS) is 16.0. The van der Waals surface area contributed by atoms with E-state index in [0.29, 0.717) is 24.6 Å². The molecule has 1 aliphatic rings. The Bertz CT molecular complexity index is 834. The zero-order chi connectivity index (χ0) is 19.2. The second-order valence-electron chi connectivity index (χ2n) is 7.15. The molecule has 0 aliphatic carbocycles. The number of benzene rings is 2. The number of piperidine rings is 1. The quantitative estimate of drug-likeness (QED) is 0.470. The van der Waals surface area contributed by atoms with E-state index in [-0.39, 0.29) is 17.2 Å². The predicted octanol–water partition coefficient (Wildman–Crippen LogP) is 4.39. The van der Waals surface area contributed by atoms with Crippen molar-refractivity contribution in [3.8, 4) is 0 Å². The van der Waals surface area contributed by atoms with Crippen LogP contribution in [0.1, 0.15) is 29.5 Å². The molecule has 2 N–H and O–H groups in total. The Labute approximate surface area is 160 Å². The molecule has 2 aromatic rings. The third-order valence-corrected chi connectivity index (χ3v) is 5.30. The molecule has 27 heavy (non-hydrogen) atoms. The van der Waals surface area contributed by atoms with Crippen LogP contribution in [0, 0.1) is 18.3 Å². The van der Waals surface area contributed by atoms with Gasteiger partial charge in [-0.15, -0.1) is 0 Å². The standard InChI is InChI=1S/C23H26N2O2/c1-17-7-5-6-10-20(17)22(26)21(16-24)23(27)25-13-11-19(12-14-25)15-18-8-3-2-4-9-18/h2-10,16,19,24,26H,11-15H2,1H3/b22-21+,24-16?. The van der Waals surface area contributed by atoms with Gasteiger partial charge in [0.2, 0.25) is 0 Å². The Hall–Kier alpha value is -2.88. The number of likely N-dealkylation sites (tertiary alicyclic amines) is 1. The average Bonchev–Trinajstić information content (AvgIpc) is 2.70. The number of hydrogen-bond acceptors (Lipinski definition) is 3. The first kappa shape index (κ1) is 18.9. The van der Waals surface area contributed by atoms with E-state index in [1.165, 1.54) is 5.56 Å². The number of nitrogens with zero attached hydrogens (tertiary/aromatic N) is 1. The fraction of sp³-hybridized carbons (Fsp3) is 0.304. The Kier molecular flexibility index (Phi) is 6.07. The van der Waals surface area contributed by atoms with E-state index >= 15 is 0 Å². The second-order valence-corrected chi connectivity index (χ2v) is 7.15. The Morgan fingerprint density at radius 2 is 1.74 bits per heavy atom. The first-order chi connectivity index (χ1) is 13.1. The molecular formula is C23H26N2O2. The zero-order valence-electron chi connectivity index (χ0n) is 15.7. The molecule has 0 atom stereocenters. The number of rotatable bonds is 5. The van der Waals surface area contributed by atoms with E-state index in [4.69, 9.17) is 5.41 Å². The lowest BCUT2D eigenvalue weighted by molar-refractivity contribution is -0.127. The largest absolute Gasteiger partial charge is 0.506 e. The predicted molar refractivity (Wildman–Crippen MR) is 109 cm³/mol. The van der Waals surface area contributed by atoms with E-state index in [1.54, 1.807) is 11.0 Å². The molecule has 0 radical (unpaired) electrons. The van der Waals surface area contributed by atoms with Gasteiger partial charge < -0.3 is 15.4 Å². The van der Waals surface area contributed by atoms with Crippen LogP contribution in [0.2, 0.25) is 0 Å². The van der Waals surface area contributed by atoms with Crippen molar-refractivity contribution in [2.75, 3.05) is 13.1 Å². The number of amides is 1. The molecule has 2 aromatic carbocycles. The highest BCUT2D eigenvalue weighted by molar-refractivity contribution is 6.16. The van der Waals surface area contributed by atoms with Gasteiger partial charge in [-0.3, -0.25) is 4.79 Å². The smallest absolute Gasteiger partial charge is 0.259 e. The van der Waals surface area contributed by atoms with Crippen LogP contribution in [0.5, 0.6) is 0 Å². The number of aliphatic hydroxyl groups is 1. The summed E-state index contributed by atoms with van der Waals surface area (Å²) in [5.74, 6) is 0.192. The third-order valence-electron chi connectivity index (χ3n) is 5.30. The van der Waals surface area contributed by atoms with Gasteiger partial charge in [0.1, 0.15) is 5.76 Å². The molecule has 1 amide bonds. The molecule has 0 aromatic heterocycles. The Morgan fingerprint density at radius 1 is 1.11 bits per heavy atom. The fourth-order valence-electron chi connectivity index (χ4n) is 3.67. The van der Waals surface area contributed by atoms with Crippen molar-refractivity contribution >= 4 is 17.9 Å².